The Kier molecular flexibility index (Phi) is 12.4. The van der Waals surface area contributed by atoms with Crippen LogP contribution in [0, 0.1) is 6.92 Å². The van der Waals surface area contributed by atoms with Gasteiger partial charge in [-0.1, -0.05) is 6.04 Å². The predicted octanol–water partition coefficient (Wildman–Crippen LogP) is 0.557. The molecule has 5 nitrogen and oxygen atoms in total. The molecule has 0 aliphatic rings. The van der Waals surface area contributed by atoms with Gasteiger partial charge < -0.3 is 22.8 Å². The van der Waals surface area contributed by atoms with Crippen molar-refractivity contribution in [2.24, 2.45) is 0 Å². The summed E-state index contributed by atoms with van der Waals surface area (Å²) in [5.74, 6) is 1.61. The van der Waals surface area contributed by atoms with E-state index < -0.39 is 28.4 Å². The van der Waals surface area contributed by atoms with Gasteiger partial charge in [0.05, 0.1) is 14.2 Å². The fourth-order valence-electron chi connectivity index (χ4n) is 3.55. The fourth-order valence-corrected chi connectivity index (χ4v) is 97.7. The molecular formula is C17H30O5Si9. The molecule has 0 bridgehead atoms. The normalized spacial score (nSPS) is 14.6. The summed E-state index contributed by atoms with van der Waals surface area (Å²) >= 11 is 0. The molecule has 0 saturated heterocycles. The molecule has 14 heteroatoms. The zero-order valence-corrected chi connectivity index (χ0v) is 28.2. The van der Waals surface area contributed by atoms with E-state index >= 15 is 0 Å². The molecule has 0 aliphatic carbocycles. The summed E-state index contributed by atoms with van der Waals surface area (Å²) in [4.78, 5) is 0. The Balaban J connectivity index is 3.61. The molecule has 31 heavy (non-hydrogen) atoms. The van der Waals surface area contributed by atoms with Gasteiger partial charge in [-0.25, -0.2) is 0 Å². The number of benzene rings is 1. The summed E-state index contributed by atoms with van der Waals surface area (Å²) < 4.78 is 30.2. The average molecular weight is 567 g/mol. The number of methoxy groups -OCH3 is 2. The minimum absolute atomic E-state index is 0.596. The smallest absolute Gasteiger partial charge is 0.354 e. The zero-order chi connectivity index (χ0) is 23.9. The summed E-state index contributed by atoms with van der Waals surface area (Å²) in [6.45, 7) is 4.88. The highest BCUT2D eigenvalue weighted by molar-refractivity contribution is 8.11. The highest BCUT2D eigenvalue weighted by Crippen LogP contribution is 2.34. The van der Waals surface area contributed by atoms with Gasteiger partial charge in [-0.05, 0) is 51.3 Å². The van der Waals surface area contributed by atoms with Crippen LogP contribution in [-0.4, -0.2) is 111 Å². The summed E-state index contributed by atoms with van der Waals surface area (Å²) in [5.41, 5.74) is 2.30. The Bertz CT molecular complexity index is 695. The Morgan fingerprint density at radius 1 is 0.871 bits per heavy atom. The van der Waals surface area contributed by atoms with Crippen molar-refractivity contribution in [3.63, 3.8) is 0 Å². The molecule has 0 heterocycles. The molecule has 1 unspecified atom stereocenters. The molecule has 1 atom stereocenters. The average Bonchev–Trinajstić information content (AvgIpc) is 2.68. The Hall–Kier alpha value is 0.652. The number of hydrogen-bond acceptors (Lipinski definition) is 5. The minimum atomic E-state index is -2.57. The van der Waals surface area contributed by atoms with Crippen LogP contribution in [0.25, 0.3) is 0 Å². The van der Waals surface area contributed by atoms with Crippen LogP contribution < -0.4 is 9.47 Å². The van der Waals surface area contributed by atoms with Gasteiger partial charge in [-0.3, -0.25) is 0 Å². The van der Waals surface area contributed by atoms with E-state index in [2.05, 4.69) is 61.8 Å². The van der Waals surface area contributed by atoms with Gasteiger partial charge in [0.15, 0.2) is 0 Å². The van der Waals surface area contributed by atoms with Crippen molar-refractivity contribution in [3.05, 3.63) is 23.3 Å². The third-order valence-electron chi connectivity index (χ3n) is 5.17. The molecule has 0 saturated carbocycles. The van der Waals surface area contributed by atoms with E-state index in [0.29, 0.717) is 19.8 Å². The van der Waals surface area contributed by atoms with Crippen LogP contribution in [0.3, 0.4) is 0 Å². The lowest BCUT2D eigenvalue weighted by molar-refractivity contribution is 0.229. The number of aryl methyl sites for hydroxylation is 1. The molecule has 0 N–H and O–H groups in total. The molecule has 1 aromatic rings. The van der Waals surface area contributed by atoms with Crippen LogP contribution in [0.2, 0.25) is 6.04 Å². The van der Waals surface area contributed by atoms with Gasteiger partial charge in [0.1, 0.15) is 25.0 Å². The highest BCUT2D eigenvalue weighted by Gasteiger charge is 2.65. The summed E-state index contributed by atoms with van der Waals surface area (Å²) in [7, 11) is 22.2. The van der Waals surface area contributed by atoms with Crippen molar-refractivity contribution in [1.82, 2.24) is 0 Å². The number of rotatable bonds is 14. The van der Waals surface area contributed by atoms with Gasteiger partial charge in [-0.2, -0.15) is 0 Å². The Labute approximate surface area is 208 Å². The Morgan fingerprint density at radius 2 is 1.45 bits per heavy atom. The standard InChI is InChI=1S/C17H30O5Si9/c1-7-20-28(21-8-2)29(31(25,26)27,30(23,24)22-9-3)11-10-15-12-16(18-5)13-17(19-6)14(15)4/h12-13H,7-11H2,1-6H3. The maximum atomic E-state index is 6.39. The lowest BCUT2D eigenvalue weighted by Gasteiger charge is -2.52. The SMILES string of the molecule is CCO[Si](OCC)[Si](CCc1cc(OC)cc(OC)c1C)([Si]([Si])([Si])[Si])[Si]([Si])([Si])OCC. The van der Waals surface area contributed by atoms with Crippen LogP contribution in [0.5, 0.6) is 11.5 Å². The zero-order valence-electron chi connectivity index (χ0n) is 19.2. The molecular weight excluding hydrogens is 537 g/mol. The first-order valence-corrected chi connectivity index (χ1v) is 28.1. The minimum Gasteiger partial charge on any atom is -0.497 e. The molecule has 0 amide bonds. The number of ether oxygens (including phenoxy) is 2. The van der Waals surface area contributed by atoms with Crippen LogP contribution in [0.4, 0.5) is 0 Å². The van der Waals surface area contributed by atoms with Crippen molar-refractivity contribution in [3.8, 4) is 11.5 Å². The molecule has 1 rings (SSSR count). The second kappa shape index (κ2) is 12.9. The van der Waals surface area contributed by atoms with E-state index in [4.69, 9.17) is 22.8 Å². The van der Waals surface area contributed by atoms with E-state index in [1.54, 1.807) is 14.2 Å². The van der Waals surface area contributed by atoms with Crippen molar-refractivity contribution in [2.75, 3.05) is 34.0 Å². The van der Waals surface area contributed by atoms with Crippen molar-refractivity contribution in [2.45, 2.75) is 40.2 Å². The molecule has 0 spiro atoms. The third-order valence-corrected chi connectivity index (χ3v) is 83.6. The van der Waals surface area contributed by atoms with E-state index in [1.807, 2.05) is 26.8 Å². The molecule has 0 fully saturated rings. The van der Waals surface area contributed by atoms with Crippen LogP contribution in [-0.2, 0) is 19.7 Å². The van der Waals surface area contributed by atoms with E-state index in [1.165, 1.54) is 5.56 Å². The summed E-state index contributed by atoms with van der Waals surface area (Å²) in [6, 6.07) is 4.90. The Morgan fingerprint density at radius 3 is 1.87 bits per heavy atom. The van der Waals surface area contributed by atoms with Crippen LogP contribution in [0.15, 0.2) is 12.1 Å². The molecule has 0 aliphatic heterocycles. The van der Waals surface area contributed by atoms with Gasteiger partial charge in [0.25, 0.3) is 0 Å². The largest absolute Gasteiger partial charge is 0.497 e. The maximum Gasteiger partial charge on any atom is 0.354 e. The first-order valence-electron chi connectivity index (χ1n) is 10.2. The monoisotopic (exact) mass is 566 g/mol. The van der Waals surface area contributed by atoms with Crippen LogP contribution in [0.1, 0.15) is 31.9 Å². The molecule has 164 valence electrons. The molecule has 1 aromatic carbocycles. The molecule has 0 aromatic heterocycles. The van der Waals surface area contributed by atoms with E-state index in [-0.39, 0.29) is 0 Å². The lowest BCUT2D eigenvalue weighted by atomic mass is 10.0. The lowest BCUT2D eigenvalue weighted by Crippen LogP contribution is -2.89. The van der Waals surface area contributed by atoms with Gasteiger partial charge >= 0.3 is 8.80 Å². The van der Waals surface area contributed by atoms with Crippen LogP contribution >= 0.6 is 0 Å². The van der Waals surface area contributed by atoms with E-state index in [0.717, 1.165) is 29.5 Å². The summed E-state index contributed by atoms with van der Waals surface area (Å²) in [5, 5.41) is 0. The van der Waals surface area contributed by atoms with Gasteiger partial charge in [0.2, 0.25) is 0 Å². The quantitative estimate of drug-likeness (QED) is 0.308. The van der Waals surface area contributed by atoms with Gasteiger partial charge in [-0.15, -0.1) is 0 Å². The first-order chi connectivity index (χ1) is 14.4. The first kappa shape index (κ1) is 29.7. The van der Waals surface area contributed by atoms with Crippen molar-refractivity contribution in [1.29, 1.82) is 0 Å². The second-order valence-electron chi connectivity index (χ2n) is 7.04. The summed E-state index contributed by atoms with van der Waals surface area (Å²) in [6.07, 6.45) is -1.51. The van der Waals surface area contributed by atoms with E-state index in [9.17, 15) is 0 Å². The highest BCUT2D eigenvalue weighted by atomic mass is 30.4. The predicted molar refractivity (Wildman–Crippen MR) is 139 cm³/mol. The second-order valence-corrected chi connectivity index (χ2v) is 55.9. The van der Waals surface area contributed by atoms with Crippen molar-refractivity contribution >= 4 is 77.2 Å². The number of hydrogen-bond donors (Lipinski definition) is 0. The molecule has 16 radical (unpaired) electrons. The fraction of sp³-hybridized carbons (Fsp3) is 0.647. The topological polar surface area (TPSA) is 46.2 Å². The maximum absolute atomic E-state index is 6.39. The van der Waals surface area contributed by atoms with Crippen molar-refractivity contribution < 1.29 is 22.8 Å². The third kappa shape index (κ3) is 6.84. The van der Waals surface area contributed by atoms with Gasteiger partial charge in [0, 0.05) is 80.8 Å².